The quantitative estimate of drug-likeness (QED) is 0.437. The zero-order valence-electron chi connectivity index (χ0n) is 19.5. The van der Waals surface area contributed by atoms with Crippen molar-refractivity contribution in [2.75, 3.05) is 18.8 Å². The summed E-state index contributed by atoms with van der Waals surface area (Å²) in [6.07, 6.45) is -0.253. The van der Waals surface area contributed by atoms with Gasteiger partial charge in [-0.25, -0.2) is 4.79 Å². The van der Waals surface area contributed by atoms with Crippen LogP contribution in [0.2, 0.25) is 5.02 Å². The summed E-state index contributed by atoms with van der Waals surface area (Å²) in [7, 11) is 1.59. The number of methoxy groups -OCH3 is 1. The van der Waals surface area contributed by atoms with Gasteiger partial charge in [0.25, 0.3) is 0 Å². The minimum atomic E-state index is -1.49. The average molecular weight is 510 g/mol. The summed E-state index contributed by atoms with van der Waals surface area (Å²) in [4.78, 5) is 26.2. The highest BCUT2D eigenvalue weighted by molar-refractivity contribution is 6.31. The average Bonchev–Trinajstić information content (AvgIpc) is 3.45. The molecule has 0 aliphatic carbocycles. The van der Waals surface area contributed by atoms with Crippen molar-refractivity contribution in [3.63, 3.8) is 0 Å². The molecule has 3 aromatic carbocycles. The summed E-state index contributed by atoms with van der Waals surface area (Å²) in [5.74, 6) is -0.433. The van der Waals surface area contributed by atoms with Gasteiger partial charge in [0, 0.05) is 41.7 Å². The van der Waals surface area contributed by atoms with Gasteiger partial charge in [0.15, 0.2) is 11.5 Å². The second kappa shape index (κ2) is 9.28. The second-order valence-corrected chi connectivity index (χ2v) is 9.20. The van der Waals surface area contributed by atoms with Gasteiger partial charge in [-0.05, 0) is 41.3 Å². The van der Waals surface area contributed by atoms with Crippen LogP contribution in [0.4, 0.5) is 5.69 Å². The van der Waals surface area contributed by atoms with Gasteiger partial charge < -0.3 is 29.3 Å². The fourth-order valence-electron chi connectivity index (χ4n) is 5.07. The lowest BCUT2D eigenvalue weighted by Crippen LogP contribution is -2.53. The molecule has 0 bridgehead atoms. The van der Waals surface area contributed by atoms with Crippen LogP contribution in [0.1, 0.15) is 24.0 Å². The van der Waals surface area contributed by atoms with Crippen molar-refractivity contribution in [3.8, 4) is 28.4 Å². The van der Waals surface area contributed by atoms with Gasteiger partial charge in [0.2, 0.25) is 6.79 Å². The molecule has 0 aromatic heterocycles. The molecular weight excluding hydrogens is 486 g/mol. The Morgan fingerprint density at radius 3 is 2.50 bits per heavy atom. The normalized spacial score (nSPS) is 17.7. The van der Waals surface area contributed by atoms with Gasteiger partial charge in [-0.1, -0.05) is 41.9 Å². The molecule has 8 nitrogen and oxygen atoms in total. The first-order valence-corrected chi connectivity index (χ1v) is 11.8. The van der Waals surface area contributed by atoms with Crippen molar-refractivity contribution in [2.45, 2.75) is 31.3 Å². The van der Waals surface area contributed by atoms with Crippen molar-refractivity contribution in [2.24, 2.45) is 0 Å². The SMILES string of the molecule is COc1ccccc1-c1cccc2c1CC(CCC(=O)O)(C(=O)O)N2Cc1cc2c(cc1Cl)OCO2. The Kier molecular flexibility index (Phi) is 6.14. The number of hydrogen-bond acceptors (Lipinski definition) is 6. The van der Waals surface area contributed by atoms with Gasteiger partial charge in [-0.15, -0.1) is 0 Å². The first-order valence-electron chi connectivity index (χ1n) is 11.4. The van der Waals surface area contributed by atoms with Crippen molar-refractivity contribution < 1.29 is 34.0 Å². The van der Waals surface area contributed by atoms with E-state index in [-0.39, 0.29) is 32.6 Å². The van der Waals surface area contributed by atoms with E-state index in [2.05, 4.69) is 0 Å². The highest BCUT2D eigenvalue weighted by Gasteiger charge is 2.51. The van der Waals surface area contributed by atoms with Crippen LogP contribution in [-0.2, 0) is 22.6 Å². The number of fused-ring (bicyclic) bond motifs is 2. The van der Waals surface area contributed by atoms with Gasteiger partial charge in [-0.3, -0.25) is 4.79 Å². The fourth-order valence-corrected chi connectivity index (χ4v) is 5.29. The molecule has 1 atom stereocenters. The summed E-state index contributed by atoms with van der Waals surface area (Å²) in [6.45, 7) is 0.228. The molecule has 0 spiro atoms. The van der Waals surface area contributed by atoms with Crippen LogP contribution in [0.3, 0.4) is 0 Å². The molecule has 0 radical (unpaired) electrons. The zero-order chi connectivity index (χ0) is 25.4. The Bertz CT molecular complexity index is 1360. The first-order chi connectivity index (χ1) is 17.3. The molecule has 36 heavy (non-hydrogen) atoms. The van der Waals surface area contributed by atoms with Crippen molar-refractivity contribution in [1.29, 1.82) is 0 Å². The number of rotatable bonds is 8. The van der Waals surface area contributed by atoms with Gasteiger partial charge in [0.1, 0.15) is 11.3 Å². The molecule has 2 aliphatic rings. The van der Waals surface area contributed by atoms with Gasteiger partial charge in [0.05, 0.1) is 7.11 Å². The number of ether oxygens (including phenoxy) is 3. The lowest BCUT2D eigenvalue weighted by molar-refractivity contribution is -0.144. The summed E-state index contributed by atoms with van der Waals surface area (Å²) in [6, 6.07) is 16.6. The molecule has 1 unspecified atom stereocenters. The third-order valence-electron chi connectivity index (χ3n) is 6.85. The number of carboxylic acid groups (broad SMARTS) is 2. The van der Waals surface area contributed by atoms with Crippen LogP contribution in [0.5, 0.6) is 17.2 Å². The van der Waals surface area contributed by atoms with Crippen LogP contribution in [-0.4, -0.2) is 41.6 Å². The lowest BCUT2D eigenvalue weighted by atomic mass is 9.86. The highest BCUT2D eigenvalue weighted by atomic mass is 35.5. The highest BCUT2D eigenvalue weighted by Crippen LogP contribution is 2.49. The van der Waals surface area contributed by atoms with Crippen molar-refractivity contribution in [3.05, 3.63) is 70.7 Å². The van der Waals surface area contributed by atoms with Gasteiger partial charge in [-0.2, -0.15) is 0 Å². The van der Waals surface area contributed by atoms with Crippen molar-refractivity contribution >= 4 is 29.2 Å². The number of anilines is 1. The van der Waals surface area contributed by atoms with Crippen LogP contribution in [0, 0.1) is 0 Å². The van der Waals surface area contributed by atoms with E-state index < -0.39 is 17.5 Å². The lowest BCUT2D eigenvalue weighted by Gasteiger charge is -2.37. The summed E-state index contributed by atoms with van der Waals surface area (Å²) >= 11 is 6.56. The number of aliphatic carboxylic acids is 2. The maximum absolute atomic E-state index is 12.9. The van der Waals surface area contributed by atoms with Crippen LogP contribution in [0.25, 0.3) is 11.1 Å². The van der Waals surface area contributed by atoms with Gasteiger partial charge >= 0.3 is 11.9 Å². The topological polar surface area (TPSA) is 106 Å². The Balaban J connectivity index is 1.66. The minimum Gasteiger partial charge on any atom is -0.496 e. The molecule has 2 N–H and O–H groups in total. The maximum atomic E-state index is 12.9. The smallest absolute Gasteiger partial charge is 0.329 e. The fraction of sp³-hybridized carbons (Fsp3) is 0.259. The number of para-hydroxylation sites is 1. The Labute approximate surface area is 212 Å². The van der Waals surface area contributed by atoms with E-state index in [1.807, 2.05) is 42.5 Å². The minimum absolute atomic E-state index is 0.0835. The largest absolute Gasteiger partial charge is 0.496 e. The number of carbonyl (C=O) groups is 2. The van der Waals surface area contributed by atoms with E-state index in [1.165, 1.54) is 0 Å². The third kappa shape index (κ3) is 3.97. The number of nitrogens with zero attached hydrogens (tertiary/aromatic N) is 1. The predicted molar refractivity (Wildman–Crippen MR) is 133 cm³/mol. The number of halogens is 1. The molecule has 0 saturated carbocycles. The maximum Gasteiger partial charge on any atom is 0.329 e. The van der Waals surface area contributed by atoms with E-state index in [9.17, 15) is 19.8 Å². The molecule has 0 fully saturated rings. The standard InChI is InChI=1S/C27H24ClNO7/c1-34-22-8-3-2-5-18(22)17-6-4-7-21-19(17)13-27(26(32)33,10-9-25(30)31)29(21)14-16-11-23-24(12-20(16)28)36-15-35-23/h2-8,11-12H,9-10,13-15H2,1H3,(H,30,31)(H,32,33). The molecule has 2 heterocycles. The van der Waals surface area contributed by atoms with Crippen molar-refractivity contribution in [1.82, 2.24) is 0 Å². The summed E-state index contributed by atoms with van der Waals surface area (Å²) < 4.78 is 16.5. The number of hydrogen-bond donors (Lipinski definition) is 2. The zero-order valence-corrected chi connectivity index (χ0v) is 20.2. The number of carboxylic acids is 2. The molecular formula is C27H24ClNO7. The monoisotopic (exact) mass is 509 g/mol. The molecule has 3 aromatic rings. The first kappa shape index (κ1) is 23.8. The third-order valence-corrected chi connectivity index (χ3v) is 7.20. The molecule has 5 rings (SSSR count). The summed E-state index contributed by atoms with van der Waals surface area (Å²) in [5, 5.41) is 20.4. The van der Waals surface area contributed by atoms with Crippen LogP contribution in [0.15, 0.2) is 54.6 Å². The Morgan fingerprint density at radius 2 is 1.78 bits per heavy atom. The van der Waals surface area contributed by atoms with Crippen LogP contribution >= 0.6 is 11.6 Å². The van der Waals surface area contributed by atoms with E-state index in [0.717, 1.165) is 16.7 Å². The Morgan fingerprint density at radius 1 is 1.06 bits per heavy atom. The molecule has 9 heteroatoms. The van der Waals surface area contributed by atoms with Crippen LogP contribution < -0.4 is 19.1 Å². The molecule has 186 valence electrons. The van der Waals surface area contributed by atoms with E-state index in [4.69, 9.17) is 25.8 Å². The van der Waals surface area contributed by atoms with E-state index in [1.54, 1.807) is 24.1 Å². The predicted octanol–water partition coefficient (Wildman–Crippen LogP) is 5.00. The molecule has 2 aliphatic heterocycles. The number of benzene rings is 3. The van der Waals surface area contributed by atoms with E-state index >= 15 is 0 Å². The second-order valence-electron chi connectivity index (χ2n) is 8.79. The molecule has 0 amide bonds. The Hall–Kier alpha value is -3.91. The van der Waals surface area contributed by atoms with E-state index in [0.29, 0.717) is 33.5 Å². The summed E-state index contributed by atoms with van der Waals surface area (Å²) in [5.41, 5.74) is 2.35. The molecule has 0 saturated heterocycles.